The Bertz CT molecular complexity index is 468. The summed E-state index contributed by atoms with van der Waals surface area (Å²) in [5, 5.41) is 8.06. The highest BCUT2D eigenvalue weighted by Gasteiger charge is 2.11. The highest BCUT2D eigenvalue weighted by Crippen LogP contribution is 2.17. The Morgan fingerprint density at radius 3 is 3.00 bits per heavy atom. The molecular formula is C9H10N4P+. The van der Waals surface area contributed by atoms with Crippen molar-refractivity contribution in [2.24, 2.45) is 4.74 Å². The molecule has 70 valence electrons. The van der Waals surface area contributed by atoms with E-state index in [1.165, 1.54) is 0 Å². The lowest BCUT2D eigenvalue weighted by molar-refractivity contribution is 0.563. The van der Waals surface area contributed by atoms with Crippen LogP contribution in [0.4, 0.5) is 0 Å². The van der Waals surface area contributed by atoms with Crippen molar-refractivity contribution < 1.29 is 0 Å². The van der Waals surface area contributed by atoms with Crippen LogP contribution in [0.2, 0.25) is 0 Å². The molecule has 2 rings (SSSR count). The smallest absolute Gasteiger partial charge is 0.203 e. The number of rotatable bonds is 3. The minimum atomic E-state index is -0.174. The van der Waals surface area contributed by atoms with E-state index in [0.29, 0.717) is 0 Å². The van der Waals surface area contributed by atoms with Gasteiger partial charge in [0.15, 0.2) is 9.03 Å². The van der Waals surface area contributed by atoms with E-state index < -0.39 is 0 Å². The zero-order chi connectivity index (χ0) is 9.97. The van der Waals surface area contributed by atoms with Crippen molar-refractivity contribution in [1.82, 2.24) is 15.0 Å². The third-order valence-corrected chi connectivity index (χ3v) is 2.30. The van der Waals surface area contributed by atoms with Gasteiger partial charge in [-0.05, 0) is 18.2 Å². The number of hydrogen-bond donors (Lipinski definition) is 0. The molecule has 2 aromatic rings. The molecule has 0 radical (unpaired) electrons. The summed E-state index contributed by atoms with van der Waals surface area (Å²) in [6, 6.07) is 7.76. The van der Waals surface area contributed by atoms with E-state index in [2.05, 4.69) is 30.7 Å². The van der Waals surface area contributed by atoms with E-state index in [1.807, 2.05) is 24.3 Å². The molecule has 14 heavy (non-hydrogen) atoms. The molecule has 2 atom stereocenters. The maximum atomic E-state index is 4.06. The summed E-state index contributed by atoms with van der Waals surface area (Å²) in [6.07, 6.45) is 1.54. The zero-order valence-corrected chi connectivity index (χ0v) is 8.69. The number of para-hydroxylation sites is 1. The van der Waals surface area contributed by atoms with Crippen LogP contribution in [0, 0.1) is 0 Å². The van der Waals surface area contributed by atoms with E-state index in [-0.39, 0.29) is 6.17 Å². The van der Waals surface area contributed by atoms with E-state index >= 15 is 0 Å². The summed E-state index contributed by atoms with van der Waals surface area (Å²) in [5.41, 5.74) is 1.83. The Kier molecular flexibility index (Phi) is 2.37. The van der Waals surface area contributed by atoms with Gasteiger partial charge in [0, 0.05) is 0 Å². The first-order valence-electron chi connectivity index (χ1n) is 4.19. The molecule has 0 spiro atoms. The maximum Gasteiger partial charge on any atom is 0.203 e. The molecule has 0 aliphatic rings. The fraction of sp³-hybridized carbons (Fsp3) is 0.111. The van der Waals surface area contributed by atoms with Crippen molar-refractivity contribution in [3.05, 3.63) is 36.9 Å². The molecule has 0 saturated carbocycles. The van der Waals surface area contributed by atoms with Gasteiger partial charge in [0.1, 0.15) is 5.52 Å². The highest BCUT2D eigenvalue weighted by molar-refractivity contribution is 7.04. The molecule has 0 fully saturated rings. The second kappa shape index (κ2) is 3.68. The van der Waals surface area contributed by atoms with Gasteiger partial charge in [-0.1, -0.05) is 28.7 Å². The summed E-state index contributed by atoms with van der Waals surface area (Å²) in [7, 11) is 2.32. The minimum Gasteiger partial charge on any atom is -0.212 e. The predicted molar refractivity (Wildman–Crippen MR) is 58.9 cm³/mol. The molecule has 1 aromatic carbocycles. The molecule has 0 amide bonds. The molecule has 4 nitrogen and oxygen atoms in total. The molecule has 0 bridgehead atoms. The maximum absolute atomic E-state index is 4.06. The normalized spacial score (nSPS) is 12.6. The van der Waals surface area contributed by atoms with Crippen molar-refractivity contribution in [1.29, 1.82) is 0 Å². The van der Waals surface area contributed by atoms with E-state index in [4.69, 9.17) is 0 Å². The lowest BCUT2D eigenvalue weighted by atomic mass is 10.3. The first-order valence-corrected chi connectivity index (χ1v) is 4.71. The average molecular weight is 205 g/mol. The first-order chi connectivity index (χ1) is 6.86. The van der Waals surface area contributed by atoms with Gasteiger partial charge in [0.2, 0.25) is 6.17 Å². The van der Waals surface area contributed by atoms with Crippen LogP contribution in [-0.2, 0) is 0 Å². The number of nitrogens with zero attached hydrogens (tertiary/aromatic N) is 4. The van der Waals surface area contributed by atoms with Crippen LogP contribution in [0.1, 0.15) is 6.17 Å². The van der Waals surface area contributed by atoms with Crippen LogP contribution >= 0.6 is 9.03 Å². The van der Waals surface area contributed by atoms with Gasteiger partial charge >= 0.3 is 0 Å². The quantitative estimate of drug-likeness (QED) is 0.569. The van der Waals surface area contributed by atoms with Crippen LogP contribution in [0.15, 0.2) is 41.7 Å². The van der Waals surface area contributed by atoms with Crippen LogP contribution in [-0.4, -0.2) is 15.0 Å². The Labute approximate surface area is 83.5 Å². The van der Waals surface area contributed by atoms with Gasteiger partial charge in [0.25, 0.3) is 0 Å². The highest BCUT2D eigenvalue weighted by atomic mass is 31.0. The zero-order valence-electron chi connectivity index (χ0n) is 7.54. The molecule has 0 N–H and O–H groups in total. The van der Waals surface area contributed by atoms with E-state index in [0.717, 1.165) is 11.0 Å². The lowest BCUT2D eigenvalue weighted by Crippen LogP contribution is -2.04. The fourth-order valence-corrected chi connectivity index (χ4v) is 1.55. The monoisotopic (exact) mass is 205 g/mol. The molecule has 1 aromatic heterocycles. The molecule has 5 heteroatoms. The molecule has 1 heterocycles. The van der Waals surface area contributed by atoms with Crippen molar-refractivity contribution in [2.45, 2.75) is 6.17 Å². The second-order valence-electron chi connectivity index (χ2n) is 2.82. The van der Waals surface area contributed by atoms with Crippen molar-refractivity contribution in [3.8, 4) is 0 Å². The Morgan fingerprint density at radius 1 is 1.50 bits per heavy atom. The summed E-state index contributed by atoms with van der Waals surface area (Å²) >= 11 is 0. The van der Waals surface area contributed by atoms with Crippen LogP contribution < -0.4 is 0 Å². The second-order valence-corrected chi connectivity index (χ2v) is 3.12. The minimum absolute atomic E-state index is 0.174. The van der Waals surface area contributed by atoms with Crippen LogP contribution in [0.5, 0.6) is 0 Å². The summed E-state index contributed by atoms with van der Waals surface area (Å²) in [4.78, 5) is 0. The van der Waals surface area contributed by atoms with E-state index in [1.54, 1.807) is 10.8 Å². The summed E-state index contributed by atoms with van der Waals surface area (Å²) in [5.74, 6) is 0. The molecule has 0 aliphatic heterocycles. The van der Waals surface area contributed by atoms with Gasteiger partial charge in [0.05, 0.1) is 5.52 Å². The summed E-state index contributed by atoms with van der Waals surface area (Å²) in [6.45, 7) is 3.70. The topological polar surface area (TPSA) is 43.1 Å². The van der Waals surface area contributed by atoms with Crippen LogP contribution in [0.3, 0.4) is 0 Å². The van der Waals surface area contributed by atoms with Gasteiger partial charge in [-0.15, -0.1) is 5.10 Å². The van der Waals surface area contributed by atoms with Gasteiger partial charge in [-0.25, -0.2) is 4.68 Å². The third-order valence-electron chi connectivity index (χ3n) is 1.99. The largest absolute Gasteiger partial charge is 0.212 e. The number of hydrogen-bond acceptors (Lipinski definition) is 3. The van der Waals surface area contributed by atoms with Crippen molar-refractivity contribution >= 4 is 20.1 Å². The summed E-state index contributed by atoms with van der Waals surface area (Å²) < 4.78 is 5.79. The standard InChI is InChI=1S/C9H9N4P/c1-2-9(11-14)13-8-6-4-3-5-7(8)10-12-13/h2-6,9,14H,1H2/p+1. The number of fused-ring (bicyclic) bond motifs is 1. The molecule has 0 saturated heterocycles. The first kappa shape index (κ1) is 9.03. The Morgan fingerprint density at radius 2 is 2.29 bits per heavy atom. The van der Waals surface area contributed by atoms with Gasteiger partial charge < -0.3 is 0 Å². The lowest BCUT2D eigenvalue weighted by Gasteiger charge is -2.02. The van der Waals surface area contributed by atoms with Crippen molar-refractivity contribution in [2.75, 3.05) is 0 Å². The van der Waals surface area contributed by atoms with Gasteiger partial charge in [-0.3, -0.25) is 0 Å². The van der Waals surface area contributed by atoms with Crippen molar-refractivity contribution in [3.63, 3.8) is 0 Å². The van der Waals surface area contributed by atoms with Gasteiger partial charge in [-0.2, -0.15) is 0 Å². The number of aromatic nitrogens is 3. The van der Waals surface area contributed by atoms with Crippen LogP contribution in [0.25, 0.3) is 11.0 Å². The Balaban J connectivity index is 2.62. The molecule has 0 aliphatic carbocycles. The number of benzene rings is 1. The SMILES string of the molecule is C=CC(N=[PH2+])n1nnc2ccccc21. The van der Waals surface area contributed by atoms with E-state index in [9.17, 15) is 0 Å². The Hall–Kier alpha value is -1.54. The third kappa shape index (κ3) is 1.34. The molecule has 2 unspecified atom stereocenters. The molecular weight excluding hydrogens is 195 g/mol. The average Bonchev–Trinajstić information content (AvgIpc) is 2.65. The fourth-order valence-electron chi connectivity index (χ4n) is 1.31. The predicted octanol–water partition coefficient (Wildman–Crippen LogP) is 2.17.